The second kappa shape index (κ2) is 10.9. The van der Waals surface area contributed by atoms with E-state index in [2.05, 4.69) is 4.74 Å². The molecule has 0 aromatic heterocycles. The first kappa shape index (κ1) is 18.0. The van der Waals surface area contributed by atoms with Gasteiger partial charge in [-0.25, -0.2) is 0 Å². The van der Waals surface area contributed by atoms with E-state index in [1.807, 2.05) is 31.2 Å². The molecule has 1 rings (SSSR count). The second-order valence-corrected chi connectivity index (χ2v) is 5.95. The summed E-state index contributed by atoms with van der Waals surface area (Å²) in [7, 11) is 3.33. The Morgan fingerprint density at radius 3 is 2.59 bits per heavy atom. The van der Waals surface area contributed by atoms with Crippen LogP contribution in [-0.4, -0.2) is 18.3 Å². The first-order valence-electron chi connectivity index (χ1n) is 4.87. The van der Waals surface area contributed by atoms with Crippen LogP contribution in [0.3, 0.4) is 0 Å². The molecule has 0 saturated heterocycles. The van der Waals surface area contributed by atoms with E-state index in [0.29, 0.717) is 13.2 Å². The largest absolute Gasteiger partial charge is 1.00 e. The van der Waals surface area contributed by atoms with E-state index in [-0.39, 0.29) is 56.6 Å². The van der Waals surface area contributed by atoms with Gasteiger partial charge in [0.05, 0.1) is 6.61 Å². The maximum Gasteiger partial charge on any atom is 1.00 e. The van der Waals surface area contributed by atoms with Gasteiger partial charge in [0.1, 0.15) is 0 Å². The molecule has 0 spiro atoms. The maximum absolute atomic E-state index is 9.88. The minimum Gasteiger partial charge on any atom is -0.652 e. The van der Waals surface area contributed by atoms with E-state index in [9.17, 15) is 4.79 Å². The molecule has 1 unspecified atom stereocenters. The topological polar surface area (TPSA) is 52.3 Å². The minimum absolute atomic E-state index is 0. The van der Waals surface area contributed by atoms with Crippen LogP contribution in [0.2, 0.25) is 0 Å². The molecule has 0 fully saturated rings. The Hall–Kier alpha value is 0.986. The van der Waals surface area contributed by atoms with Gasteiger partial charge in [-0.2, -0.15) is 0 Å². The molecule has 1 aromatic rings. The molecule has 2 N–H and O–H groups in total. The van der Waals surface area contributed by atoms with Crippen LogP contribution in [0.4, 0.5) is 0 Å². The molecule has 0 aliphatic heterocycles. The van der Waals surface area contributed by atoms with Crippen molar-refractivity contribution in [1.82, 2.24) is 0 Å². The average Bonchev–Trinajstić information content (AvgIpc) is 2.34. The van der Waals surface area contributed by atoms with Crippen LogP contribution in [0, 0.1) is 0 Å². The molecule has 0 saturated carbocycles. The van der Waals surface area contributed by atoms with Crippen LogP contribution in [-0.2, 0) is 16.1 Å². The summed E-state index contributed by atoms with van der Waals surface area (Å²) in [5, 5.41) is 0.251. The van der Waals surface area contributed by atoms with Gasteiger partial charge in [-0.1, -0.05) is 40.2 Å². The molecule has 1 atom stereocenters. The zero-order chi connectivity index (χ0) is 11.8. The van der Waals surface area contributed by atoms with E-state index >= 15 is 0 Å². The van der Waals surface area contributed by atoms with Gasteiger partial charge in [0.15, 0.2) is 0 Å². The molecule has 0 bridgehead atoms. The summed E-state index contributed by atoms with van der Waals surface area (Å²) in [5.74, 6) is 0. The van der Waals surface area contributed by atoms with Gasteiger partial charge in [0, 0.05) is 16.7 Å². The van der Waals surface area contributed by atoms with Crippen molar-refractivity contribution in [3.63, 3.8) is 0 Å². The van der Waals surface area contributed by atoms with E-state index < -0.39 is 0 Å². The fourth-order valence-corrected chi connectivity index (χ4v) is 2.97. The molecular formula is C11H14KNO2S2. The summed E-state index contributed by atoms with van der Waals surface area (Å²) < 4.78 is 4.56. The molecule has 0 heterocycles. The zero-order valence-electron chi connectivity index (χ0n) is 10.0. The van der Waals surface area contributed by atoms with Gasteiger partial charge in [-0.05, 0) is 24.6 Å². The third kappa shape index (κ3) is 7.89. The zero-order valence-corrected chi connectivity index (χ0v) is 14.8. The first-order chi connectivity index (χ1) is 7.76. The summed E-state index contributed by atoms with van der Waals surface area (Å²) >= 11 is 0. The molecule has 1 aromatic carbocycles. The van der Waals surface area contributed by atoms with Crippen molar-refractivity contribution in [2.45, 2.75) is 23.6 Å². The van der Waals surface area contributed by atoms with Crippen LogP contribution in [0.15, 0.2) is 29.2 Å². The number of benzene rings is 1. The Morgan fingerprint density at radius 2 is 2.06 bits per heavy atom. The molecule has 0 aliphatic carbocycles. The Labute approximate surface area is 152 Å². The van der Waals surface area contributed by atoms with Crippen molar-refractivity contribution in [1.29, 1.82) is 0 Å². The van der Waals surface area contributed by atoms with Crippen LogP contribution in [0.5, 0.6) is 0 Å². The van der Waals surface area contributed by atoms with Crippen LogP contribution < -0.4 is 57.1 Å². The summed E-state index contributed by atoms with van der Waals surface area (Å²) in [6, 6.07) is 8.12. The van der Waals surface area contributed by atoms with Crippen molar-refractivity contribution in [2.24, 2.45) is 5.73 Å². The molecule has 0 radical (unpaired) electrons. The summed E-state index contributed by atoms with van der Waals surface area (Å²) in [6.45, 7) is 4.39. The van der Waals surface area contributed by atoms with E-state index in [1.54, 1.807) is 21.6 Å². The standard InChI is InChI=1S/C11H14NO2S2.K/c1-9(7-14-8-13)15-16-11-4-2-10(6-12)3-5-11;/h2-5,9H,6-7,12H2,1H3;/q-1;+1. The van der Waals surface area contributed by atoms with Crippen molar-refractivity contribution in [3.05, 3.63) is 29.8 Å². The molecule has 0 amide bonds. The van der Waals surface area contributed by atoms with Crippen molar-refractivity contribution in [2.75, 3.05) is 6.61 Å². The van der Waals surface area contributed by atoms with Crippen molar-refractivity contribution >= 4 is 28.1 Å². The number of hydrogen-bond donors (Lipinski definition) is 1. The smallest absolute Gasteiger partial charge is 0.652 e. The van der Waals surface area contributed by atoms with Crippen molar-refractivity contribution < 1.29 is 60.9 Å². The van der Waals surface area contributed by atoms with Gasteiger partial charge in [0.2, 0.25) is 0 Å². The number of rotatable bonds is 7. The van der Waals surface area contributed by atoms with Gasteiger partial charge in [-0.3, -0.25) is 0 Å². The van der Waals surface area contributed by atoms with Crippen molar-refractivity contribution in [3.8, 4) is 0 Å². The van der Waals surface area contributed by atoms with Gasteiger partial charge >= 0.3 is 51.4 Å². The summed E-state index contributed by atoms with van der Waals surface area (Å²) in [5.41, 5.74) is 6.64. The number of carbonyl (C=O) groups excluding carboxylic acids is 1. The molecule has 0 aliphatic rings. The Bertz CT molecular complexity index is 322. The van der Waals surface area contributed by atoms with E-state index in [4.69, 9.17) is 5.73 Å². The summed E-state index contributed by atoms with van der Waals surface area (Å²) in [4.78, 5) is 11.0. The fourth-order valence-electron chi connectivity index (χ4n) is 0.998. The predicted octanol–water partition coefficient (Wildman–Crippen LogP) is -0.638. The Kier molecular flexibility index (Phi) is 11.5. The maximum atomic E-state index is 9.88. The van der Waals surface area contributed by atoms with Gasteiger partial charge in [-0.15, -0.1) is 0 Å². The SMILES string of the molecule is CC(CO[C-]=O)SSc1ccc(CN)cc1.[K+]. The molecule has 88 valence electrons. The molecule has 6 heteroatoms. The first-order valence-corrected chi connectivity index (χ1v) is 7.09. The normalized spacial score (nSPS) is 11.4. The monoisotopic (exact) mass is 295 g/mol. The van der Waals surface area contributed by atoms with Gasteiger partial charge < -0.3 is 15.3 Å². The molecular weight excluding hydrogens is 281 g/mol. The Balaban J connectivity index is 0.00000256. The third-order valence-electron chi connectivity index (χ3n) is 1.84. The second-order valence-electron chi connectivity index (χ2n) is 3.23. The predicted molar refractivity (Wildman–Crippen MR) is 68.9 cm³/mol. The van der Waals surface area contributed by atoms with Crippen LogP contribution in [0.1, 0.15) is 12.5 Å². The number of ether oxygens (including phenoxy) is 1. The Morgan fingerprint density at radius 1 is 1.41 bits per heavy atom. The number of hydrogen-bond acceptors (Lipinski definition) is 5. The average molecular weight is 295 g/mol. The van der Waals surface area contributed by atoms with Gasteiger partial charge in [0.25, 0.3) is 0 Å². The van der Waals surface area contributed by atoms with Crippen LogP contribution >= 0.6 is 21.6 Å². The summed E-state index contributed by atoms with van der Waals surface area (Å²) in [6.07, 6.45) is 0. The fraction of sp³-hybridized carbons (Fsp3) is 0.364. The van der Waals surface area contributed by atoms with Crippen LogP contribution in [0.25, 0.3) is 0 Å². The molecule has 17 heavy (non-hydrogen) atoms. The quantitative estimate of drug-likeness (QED) is 0.412. The minimum atomic E-state index is 0. The van der Waals surface area contributed by atoms with E-state index in [1.165, 1.54) is 11.4 Å². The third-order valence-corrected chi connectivity index (χ3v) is 4.72. The number of nitrogens with two attached hydrogens (primary N) is 1. The molecule has 3 nitrogen and oxygen atoms in total. The van der Waals surface area contributed by atoms with E-state index in [0.717, 1.165) is 5.56 Å².